The maximum absolute atomic E-state index is 4.64. The van der Waals surface area contributed by atoms with Gasteiger partial charge in [0.15, 0.2) is 0 Å². The molecule has 0 spiro atoms. The SMILES string of the molecule is C[Te]c1cc(N(C)C)cc([Te]C)n1. The molecule has 2 nitrogen and oxygen atoms in total. The summed E-state index contributed by atoms with van der Waals surface area (Å²) >= 11 is -0.0738. The van der Waals surface area contributed by atoms with E-state index < -0.39 is 0 Å². The van der Waals surface area contributed by atoms with Gasteiger partial charge in [0, 0.05) is 0 Å². The van der Waals surface area contributed by atoms with Crippen LogP contribution in [-0.2, 0) is 0 Å². The Bertz CT molecular complexity index is 265. The van der Waals surface area contributed by atoms with E-state index in [4.69, 9.17) is 0 Å². The van der Waals surface area contributed by atoms with Crippen LogP contribution in [0.4, 0.5) is 5.69 Å². The first kappa shape index (κ1) is 11.6. The molecule has 0 fully saturated rings. The summed E-state index contributed by atoms with van der Waals surface area (Å²) in [6, 6.07) is 4.46. The van der Waals surface area contributed by atoms with Crippen molar-refractivity contribution in [2.24, 2.45) is 0 Å². The number of nitrogens with zero attached hydrogens (tertiary/aromatic N) is 2. The van der Waals surface area contributed by atoms with Gasteiger partial charge in [-0.25, -0.2) is 0 Å². The van der Waals surface area contributed by atoms with Crippen LogP contribution in [0, 0.1) is 0 Å². The average molecular weight is 405 g/mol. The van der Waals surface area contributed by atoms with Crippen LogP contribution in [-0.4, -0.2) is 60.9 Å². The van der Waals surface area contributed by atoms with Crippen molar-refractivity contribution in [3.63, 3.8) is 0 Å². The summed E-state index contributed by atoms with van der Waals surface area (Å²) in [7, 11) is 4.19. The van der Waals surface area contributed by atoms with Gasteiger partial charge < -0.3 is 0 Å². The van der Waals surface area contributed by atoms with Crippen molar-refractivity contribution >= 4 is 55.0 Å². The van der Waals surface area contributed by atoms with Gasteiger partial charge in [-0.2, -0.15) is 0 Å². The zero-order valence-electron chi connectivity index (χ0n) is 8.37. The molecule has 4 heteroatoms. The summed E-state index contributed by atoms with van der Waals surface area (Å²) in [5, 5.41) is 0. The first-order valence-electron chi connectivity index (χ1n) is 3.94. The van der Waals surface area contributed by atoms with Crippen LogP contribution in [0.25, 0.3) is 0 Å². The minimum atomic E-state index is -0.0369. The molecule has 0 N–H and O–H groups in total. The van der Waals surface area contributed by atoms with Crippen molar-refractivity contribution in [1.82, 2.24) is 4.98 Å². The molecule has 0 amide bonds. The van der Waals surface area contributed by atoms with Crippen LogP contribution >= 0.6 is 0 Å². The second-order valence-corrected chi connectivity index (χ2v) is 7.52. The topological polar surface area (TPSA) is 16.1 Å². The third-order valence-electron chi connectivity index (χ3n) is 1.70. The summed E-state index contributed by atoms with van der Waals surface area (Å²) in [5.74, 6) is 0. The quantitative estimate of drug-likeness (QED) is 0.654. The molecule has 0 saturated heterocycles. The number of anilines is 1. The fourth-order valence-corrected chi connectivity index (χ4v) is 3.94. The molecular weight excluding hydrogens is 391 g/mol. The summed E-state index contributed by atoms with van der Waals surface area (Å²) in [6.07, 6.45) is 0. The monoisotopic (exact) mass is 410 g/mol. The normalized spacial score (nSPS) is 10.2. The molecule has 0 unspecified atom stereocenters. The minimum absolute atomic E-state index is 0.0369. The van der Waals surface area contributed by atoms with Crippen LogP contribution in [0.2, 0.25) is 9.94 Å². The number of pyridine rings is 1. The van der Waals surface area contributed by atoms with E-state index in [1.807, 2.05) is 0 Å². The standard InChI is InChI=1S/C9H14N2Te2/c1-11(2)7-5-8(12-3)10-9(6-7)13-4/h5-6H,1-4H3. The molecule has 1 heterocycles. The van der Waals surface area contributed by atoms with Crippen LogP contribution < -0.4 is 12.4 Å². The van der Waals surface area contributed by atoms with Crippen molar-refractivity contribution in [2.45, 2.75) is 9.94 Å². The van der Waals surface area contributed by atoms with Crippen molar-refractivity contribution in [1.29, 1.82) is 0 Å². The van der Waals surface area contributed by atoms with Gasteiger partial charge in [0.25, 0.3) is 0 Å². The van der Waals surface area contributed by atoms with Gasteiger partial charge in [0.1, 0.15) is 0 Å². The van der Waals surface area contributed by atoms with Gasteiger partial charge in [-0.1, -0.05) is 0 Å². The predicted octanol–water partition coefficient (Wildman–Crippen LogP) is -0.0972. The van der Waals surface area contributed by atoms with Crippen molar-refractivity contribution in [3.8, 4) is 0 Å². The van der Waals surface area contributed by atoms with Gasteiger partial charge in [0.2, 0.25) is 0 Å². The Hall–Kier alpha value is 0.529. The molecule has 1 aromatic heterocycles. The van der Waals surface area contributed by atoms with Crippen molar-refractivity contribution in [3.05, 3.63) is 12.1 Å². The van der Waals surface area contributed by atoms with Crippen LogP contribution in [0.1, 0.15) is 0 Å². The van der Waals surface area contributed by atoms with Crippen LogP contribution in [0.5, 0.6) is 0 Å². The maximum atomic E-state index is 4.64. The average Bonchev–Trinajstić information content (AvgIpc) is 2.16. The third-order valence-corrected chi connectivity index (χ3v) is 5.28. The molecule has 13 heavy (non-hydrogen) atoms. The number of rotatable bonds is 3. The van der Waals surface area contributed by atoms with Gasteiger partial charge in [0.05, 0.1) is 0 Å². The van der Waals surface area contributed by atoms with Crippen molar-refractivity contribution < 1.29 is 0 Å². The molecule has 72 valence electrons. The molecule has 0 aliphatic rings. The van der Waals surface area contributed by atoms with E-state index in [1.165, 1.54) is 13.2 Å². The van der Waals surface area contributed by atoms with Gasteiger partial charge >= 0.3 is 101 Å². The van der Waals surface area contributed by atoms with E-state index in [-0.39, 0.29) is 41.8 Å². The Kier molecular flexibility index (Phi) is 4.84. The van der Waals surface area contributed by atoms with Crippen molar-refractivity contribution in [2.75, 3.05) is 19.0 Å². The van der Waals surface area contributed by atoms with Gasteiger partial charge in [-0.05, 0) is 0 Å². The Morgan fingerprint density at radius 2 is 1.54 bits per heavy atom. The van der Waals surface area contributed by atoms with E-state index in [0.29, 0.717) is 0 Å². The molecule has 1 rings (SSSR count). The molecule has 0 aliphatic heterocycles. The fourth-order valence-electron chi connectivity index (χ4n) is 0.935. The molecule has 0 radical (unpaired) electrons. The molecule has 0 aromatic carbocycles. The summed E-state index contributed by atoms with van der Waals surface area (Å²) in [5.41, 5.74) is 1.32. The number of aromatic nitrogens is 1. The second kappa shape index (κ2) is 5.42. The second-order valence-electron chi connectivity index (χ2n) is 2.80. The first-order valence-corrected chi connectivity index (χ1v) is 10.9. The van der Waals surface area contributed by atoms with E-state index >= 15 is 0 Å². The zero-order chi connectivity index (χ0) is 9.84. The van der Waals surface area contributed by atoms with Gasteiger partial charge in [-0.15, -0.1) is 0 Å². The summed E-state index contributed by atoms with van der Waals surface area (Å²) in [6.45, 7) is 0. The Morgan fingerprint density at radius 1 is 1.08 bits per heavy atom. The Balaban J connectivity index is 3.07. The zero-order valence-corrected chi connectivity index (χ0v) is 13.0. The number of hydrogen-bond donors (Lipinski definition) is 0. The molecule has 0 aliphatic carbocycles. The Labute approximate surface area is 100 Å². The van der Waals surface area contributed by atoms with E-state index in [1.54, 1.807) is 0 Å². The molecule has 1 aromatic rings. The van der Waals surface area contributed by atoms with Crippen LogP contribution in [0.3, 0.4) is 0 Å². The fraction of sp³-hybridized carbons (Fsp3) is 0.444. The van der Waals surface area contributed by atoms with Gasteiger partial charge in [-0.3, -0.25) is 0 Å². The number of hydrogen-bond acceptors (Lipinski definition) is 2. The third kappa shape index (κ3) is 3.30. The summed E-state index contributed by atoms with van der Waals surface area (Å²) < 4.78 is 2.69. The van der Waals surface area contributed by atoms with E-state index in [9.17, 15) is 0 Å². The van der Waals surface area contributed by atoms with E-state index in [0.717, 1.165) is 0 Å². The predicted molar refractivity (Wildman–Crippen MR) is 61.1 cm³/mol. The Morgan fingerprint density at radius 3 is 1.85 bits per heavy atom. The van der Waals surface area contributed by atoms with Crippen LogP contribution in [0.15, 0.2) is 12.1 Å². The molecule has 0 atom stereocenters. The molecule has 0 bridgehead atoms. The first-order chi connectivity index (χ1) is 6.17. The molecular formula is C9H14N2Te2. The van der Waals surface area contributed by atoms with E-state index in [2.05, 4.69) is 46.1 Å². The molecule has 0 saturated carbocycles. The summed E-state index contributed by atoms with van der Waals surface area (Å²) in [4.78, 5) is 11.4.